The van der Waals surface area contributed by atoms with Crippen LogP contribution in [0.5, 0.6) is 5.75 Å². The van der Waals surface area contributed by atoms with E-state index in [0.29, 0.717) is 0 Å². The average molecular weight is 260 g/mol. The average Bonchev–Trinajstić information content (AvgIpc) is 2.40. The Labute approximate surface area is 112 Å². The van der Waals surface area contributed by atoms with E-state index in [1.165, 1.54) is 0 Å². The van der Waals surface area contributed by atoms with Crippen LogP contribution >= 0.6 is 11.6 Å². The number of hydrogen-bond donors (Lipinski definition) is 0. The minimum Gasteiger partial charge on any atom is -0.496 e. The predicted molar refractivity (Wildman–Crippen MR) is 76.4 cm³/mol. The van der Waals surface area contributed by atoms with Gasteiger partial charge in [-0.25, -0.2) is 0 Å². The van der Waals surface area contributed by atoms with Gasteiger partial charge in [0, 0.05) is 16.8 Å². The third kappa shape index (κ3) is 2.90. The number of halogens is 1. The fourth-order valence-corrected chi connectivity index (χ4v) is 1.75. The molecule has 3 heteroatoms. The van der Waals surface area contributed by atoms with Crippen LogP contribution in [0.1, 0.15) is 11.1 Å². The summed E-state index contributed by atoms with van der Waals surface area (Å²) in [6.45, 7) is 1.97. The molecule has 0 N–H and O–H groups in total. The molecule has 0 aliphatic heterocycles. The van der Waals surface area contributed by atoms with Crippen LogP contribution in [-0.2, 0) is 0 Å². The van der Waals surface area contributed by atoms with Crippen molar-refractivity contribution in [2.75, 3.05) is 7.11 Å². The Morgan fingerprint density at radius 2 is 1.94 bits per heavy atom. The molecule has 0 amide bonds. The first-order valence-corrected chi connectivity index (χ1v) is 6.02. The number of benzene rings is 2. The summed E-state index contributed by atoms with van der Waals surface area (Å²) < 4.78 is 5.26. The normalized spacial score (nSPS) is 10.8. The molecule has 2 nitrogen and oxygen atoms in total. The van der Waals surface area contributed by atoms with Gasteiger partial charge < -0.3 is 4.74 Å². The van der Waals surface area contributed by atoms with Gasteiger partial charge in [-0.15, -0.1) is 0 Å². The Morgan fingerprint density at radius 3 is 2.67 bits per heavy atom. The third-order valence-electron chi connectivity index (χ3n) is 2.65. The fraction of sp³-hybridized carbons (Fsp3) is 0.133. The molecule has 0 fully saturated rings. The van der Waals surface area contributed by atoms with E-state index in [2.05, 4.69) is 4.99 Å². The lowest BCUT2D eigenvalue weighted by atomic mass is 10.2. The summed E-state index contributed by atoms with van der Waals surface area (Å²) in [4.78, 5) is 4.40. The van der Waals surface area contributed by atoms with Crippen molar-refractivity contribution in [2.45, 2.75) is 6.92 Å². The molecule has 18 heavy (non-hydrogen) atoms. The second-order valence-electron chi connectivity index (χ2n) is 3.93. The molecule has 0 atom stereocenters. The lowest BCUT2D eigenvalue weighted by molar-refractivity contribution is 0.414. The molecule has 92 valence electrons. The SMILES string of the molecule is COc1ccccc1C=Nc1ccc(C)c(Cl)c1. The number of aryl methyl sites for hydroxylation is 1. The van der Waals surface area contributed by atoms with Gasteiger partial charge in [0.2, 0.25) is 0 Å². The van der Waals surface area contributed by atoms with Crippen LogP contribution < -0.4 is 4.74 Å². The van der Waals surface area contributed by atoms with Crippen LogP contribution in [0.3, 0.4) is 0 Å². The molecule has 2 aromatic rings. The van der Waals surface area contributed by atoms with Crippen molar-refractivity contribution in [3.05, 3.63) is 58.6 Å². The topological polar surface area (TPSA) is 21.6 Å². The minimum absolute atomic E-state index is 0.727. The molecule has 0 saturated carbocycles. The van der Waals surface area contributed by atoms with Crippen molar-refractivity contribution in [1.82, 2.24) is 0 Å². The highest BCUT2D eigenvalue weighted by Gasteiger charge is 1.99. The number of ether oxygens (including phenoxy) is 1. The van der Waals surface area contributed by atoms with Crippen molar-refractivity contribution >= 4 is 23.5 Å². The second-order valence-corrected chi connectivity index (χ2v) is 4.34. The van der Waals surface area contributed by atoms with E-state index in [1.807, 2.05) is 49.4 Å². The molecule has 0 aromatic heterocycles. The Kier molecular flexibility index (Phi) is 4.00. The highest BCUT2D eigenvalue weighted by molar-refractivity contribution is 6.31. The zero-order chi connectivity index (χ0) is 13.0. The summed E-state index contributed by atoms with van der Waals surface area (Å²) in [7, 11) is 1.65. The van der Waals surface area contributed by atoms with Gasteiger partial charge in [-0.3, -0.25) is 4.99 Å². The van der Waals surface area contributed by atoms with Gasteiger partial charge in [-0.2, -0.15) is 0 Å². The summed E-state index contributed by atoms with van der Waals surface area (Å²) in [6, 6.07) is 13.5. The Balaban J connectivity index is 2.27. The van der Waals surface area contributed by atoms with Crippen molar-refractivity contribution in [2.24, 2.45) is 4.99 Å². The number of methoxy groups -OCH3 is 1. The zero-order valence-electron chi connectivity index (χ0n) is 10.4. The minimum atomic E-state index is 0.727. The van der Waals surface area contributed by atoms with Gasteiger partial charge in [0.15, 0.2) is 0 Å². The summed E-state index contributed by atoms with van der Waals surface area (Å²) in [6.07, 6.45) is 1.78. The highest BCUT2D eigenvalue weighted by atomic mass is 35.5. The van der Waals surface area contributed by atoms with Crippen molar-refractivity contribution < 1.29 is 4.74 Å². The molecule has 2 rings (SSSR count). The first-order chi connectivity index (χ1) is 8.70. The largest absolute Gasteiger partial charge is 0.496 e. The zero-order valence-corrected chi connectivity index (χ0v) is 11.1. The van der Waals surface area contributed by atoms with Crippen molar-refractivity contribution in [1.29, 1.82) is 0 Å². The number of rotatable bonds is 3. The van der Waals surface area contributed by atoms with E-state index in [9.17, 15) is 0 Å². The van der Waals surface area contributed by atoms with Gasteiger partial charge in [0.1, 0.15) is 5.75 Å². The number of aliphatic imine (C=N–C) groups is 1. The molecular weight excluding hydrogens is 246 g/mol. The smallest absolute Gasteiger partial charge is 0.127 e. The van der Waals surface area contributed by atoms with Gasteiger partial charge >= 0.3 is 0 Å². The highest BCUT2D eigenvalue weighted by Crippen LogP contribution is 2.23. The molecule has 0 spiro atoms. The number of nitrogens with zero attached hydrogens (tertiary/aromatic N) is 1. The van der Waals surface area contributed by atoms with E-state index >= 15 is 0 Å². The van der Waals surface area contributed by atoms with E-state index in [0.717, 1.165) is 27.6 Å². The number of hydrogen-bond acceptors (Lipinski definition) is 2. The Morgan fingerprint density at radius 1 is 1.17 bits per heavy atom. The van der Waals surface area contributed by atoms with Crippen LogP contribution in [0.25, 0.3) is 0 Å². The molecular formula is C15H14ClNO. The van der Waals surface area contributed by atoms with E-state index in [-0.39, 0.29) is 0 Å². The van der Waals surface area contributed by atoms with Crippen LogP contribution in [-0.4, -0.2) is 13.3 Å². The summed E-state index contributed by atoms with van der Waals surface area (Å²) in [5, 5.41) is 0.727. The molecule has 2 aromatic carbocycles. The quantitative estimate of drug-likeness (QED) is 0.749. The maximum absolute atomic E-state index is 6.06. The van der Waals surface area contributed by atoms with Gasteiger partial charge in [0.05, 0.1) is 12.8 Å². The second kappa shape index (κ2) is 5.69. The maximum Gasteiger partial charge on any atom is 0.127 e. The van der Waals surface area contributed by atoms with Gasteiger partial charge in [-0.1, -0.05) is 29.8 Å². The number of para-hydroxylation sites is 1. The van der Waals surface area contributed by atoms with Crippen LogP contribution in [0.4, 0.5) is 5.69 Å². The van der Waals surface area contributed by atoms with E-state index < -0.39 is 0 Å². The van der Waals surface area contributed by atoms with Crippen LogP contribution in [0.15, 0.2) is 47.5 Å². The summed E-state index contributed by atoms with van der Waals surface area (Å²) >= 11 is 6.06. The molecule has 0 aliphatic rings. The first kappa shape index (κ1) is 12.7. The van der Waals surface area contributed by atoms with Crippen LogP contribution in [0, 0.1) is 6.92 Å². The van der Waals surface area contributed by atoms with E-state index in [4.69, 9.17) is 16.3 Å². The predicted octanol–water partition coefficient (Wildman–Crippen LogP) is 4.41. The molecule has 0 radical (unpaired) electrons. The molecule has 0 heterocycles. The maximum atomic E-state index is 6.06. The van der Waals surface area contributed by atoms with Crippen LogP contribution in [0.2, 0.25) is 5.02 Å². The lowest BCUT2D eigenvalue weighted by Gasteiger charge is -2.03. The lowest BCUT2D eigenvalue weighted by Crippen LogP contribution is -1.89. The van der Waals surface area contributed by atoms with E-state index in [1.54, 1.807) is 13.3 Å². The third-order valence-corrected chi connectivity index (χ3v) is 3.05. The molecule has 0 saturated heterocycles. The molecule has 0 bridgehead atoms. The van der Waals surface area contributed by atoms with Gasteiger partial charge in [-0.05, 0) is 36.8 Å². The summed E-state index contributed by atoms with van der Waals surface area (Å²) in [5.74, 6) is 0.805. The fourth-order valence-electron chi connectivity index (χ4n) is 1.58. The van der Waals surface area contributed by atoms with Crippen molar-refractivity contribution in [3.8, 4) is 5.75 Å². The van der Waals surface area contributed by atoms with Gasteiger partial charge in [0.25, 0.3) is 0 Å². The molecule has 0 aliphatic carbocycles. The standard InChI is InChI=1S/C15H14ClNO/c1-11-7-8-13(9-14(11)16)17-10-12-5-3-4-6-15(12)18-2/h3-10H,1-2H3. The Bertz CT molecular complexity index is 578. The van der Waals surface area contributed by atoms with Crippen molar-refractivity contribution in [3.63, 3.8) is 0 Å². The Hall–Kier alpha value is -1.80. The molecule has 0 unspecified atom stereocenters. The first-order valence-electron chi connectivity index (χ1n) is 5.64. The monoisotopic (exact) mass is 259 g/mol. The summed E-state index contributed by atoms with van der Waals surface area (Å²) in [5.41, 5.74) is 2.82.